The molecule has 0 aliphatic carbocycles. The Bertz CT molecular complexity index is 614. The number of nitrogens with one attached hydrogen (secondary N) is 3. The van der Waals surface area contributed by atoms with E-state index in [4.69, 9.17) is 11.1 Å². The van der Waals surface area contributed by atoms with Crippen molar-refractivity contribution in [3.63, 3.8) is 0 Å². The van der Waals surface area contributed by atoms with Crippen molar-refractivity contribution in [2.45, 2.75) is 19.9 Å². The predicted octanol–water partition coefficient (Wildman–Crippen LogP) is 1.83. The van der Waals surface area contributed by atoms with Gasteiger partial charge in [0.25, 0.3) is 0 Å². The monoisotopic (exact) mass is 284 g/mol. The Morgan fingerprint density at radius 1 is 1.43 bits per heavy atom. The summed E-state index contributed by atoms with van der Waals surface area (Å²) in [5.41, 5.74) is 8.10. The van der Waals surface area contributed by atoms with Crippen molar-refractivity contribution in [1.29, 1.82) is 5.41 Å². The van der Waals surface area contributed by atoms with Crippen molar-refractivity contribution in [3.8, 4) is 0 Å². The van der Waals surface area contributed by atoms with Gasteiger partial charge in [-0.05, 0) is 31.5 Å². The summed E-state index contributed by atoms with van der Waals surface area (Å²) in [7, 11) is 0. The summed E-state index contributed by atoms with van der Waals surface area (Å²) < 4.78 is 0. The summed E-state index contributed by atoms with van der Waals surface area (Å²) >= 11 is 0. The van der Waals surface area contributed by atoms with E-state index in [1.165, 1.54) is 0 Å². The van der Waals surface area contributed by atoms with Crippen LogP contribution in [-0.4, -0.2) is 24.4 Å². The first-order chi connectivity index (χ1) is 10.1. The minimum absolute atomic E-state index is 0.0331. The number of aliphatic imine (C=N–C) groups is 2. The van der Waals surface area contributed by atoms with Gasteiger partial charge in [0.05, 0.1) is 12.3 Å². The van der Waals surface area contributed by atoms with E-state index in [-0.39, 0.29) is 11.9 Å². The van der Waals surface area contributed by atoms with Gasteiger partial charge >= 0.3 is 0 Å². The number of nitrogens with zero attached hydrogens (tertiary/aromatic N) is 2. The van der Waals surface area contributed by atoms with Crippen LogP contribution in [0.25, 0.3) is 0 Å². The molecule has 0 radical (unpaired) electrons. The van der Waals surface area contributed by atoms with Gasteiger partial charge in [-0.25, -0.2) is 9.98 Å². The van der Waals surface area contributed by atoms with Gasteiger partial charge in [0.2, 0.25) is 0 Å². The number of hydrogen-bond acceptors (Lipinski definition) is 5. The molecule has 1 atom stereocenters. The molecule has 6 heteroatoms. The van der Waals surface area contributed by atoms with Crippen molar-refractivity contribution in [2.75, 3.05) is 12.3 Å². The maximum atomic E-state index is 7.87. The molecule has 1 aliphatic rings. The van der Waals surface area contributed by atoms with E-state index in [0.29, 0.717) is 11.5 Å². The molecule has 5 N–H and O–H groups in total. The smallest absolute Gasteiger partial charge is 0.174 e. The average Bonchev–Trinajstić information content (AvgIpc) is 2.46. The van der Waals surface area contributed by atoms with Crippen LogP contribution < -0.4 is 16.4 Å². The summed E-state index contributed by atoms with van der Waals surface area (Å²) in [4.78, 5) is 8.43. The Morgan fingerprint density at radius 2 is 2.24 bits per heavy atom. The molecule has 1 unspecified atom stereocenters. The molecule has 6 nitrogen and oxygen atoms in total. The van der Waals surface area contributed by atoms with Crippen molar-refractivity contribution < 1.29 is 0 Å². The van der Waals surface area contributed by atoms with Crippen molar-refractivity contribution in [2.24, 2.45) is 9.98 Å². The van der Waals surface area contributed by atoms with Crippen molar-refractivity contribution in [3.05, 3.63) is 41.7 Å². The molecule has 0 spiro atoms. The highest BCUT2D eigenvalue weighted by Gasteiger charge is 2.13. The standard InChI is InChI=1S/C15H20N6/c1-3-18-8-13-15(17)21-14(9-19-13)20-10(2)11-5-4-6-12(16)7-11/h4-10,18H,3,16H2,1-2H3,(H2,17,20,21)/b13-8+. The maximum absolute atomic E-state index is 7.87. The highest BCUT2D eigenvalue weighted by Crippen LogP contribution is 2.15. The lowest BCUT2D eigenvalue weighted by molar-refractivity contribution is 0.722. The van der Waals surface area contributed by atoms with Crippen molar-refractivity contribution in [1.82, 2.24) is 10.6 Å². The Kier molecular flexibility index (Phi) is 4.71. The number of anilines is 1. The predicted molar refractivity (Wildman–Crippen MR) is 87.8 cm³/mol. The summed E-state index contributed by atoms with van der Waals surface area (Å²) in [6.45, 7) is 4.78. The van der Waals surface area contributed by atoms with Gasteiger partial charge in [0.1, 0.15) is 11.5 Å². The lowest BCUT2D eigenvalue weighted by Crippen LogP contribution is -2.31. The minimum atomic E-state index is 0.0331. The van der Waals surface area contributed by atoms with Crippen LogP contribution in [0.5, 0.6) is 0 Å². The summed E-state index contributed by atoms with van der Waals surface area (Å²) in [5, 5.41) is 14.1. The van der Waals surface area contributed by atoms with Crippen LogP contribution in [0.3, 0.4) is 0 Å². The molecule has 0 saturated heterocycles. The third kappa shape index (κ3) is 3.92. The molecular formula is C15H20N6. The first-order valence-electron chi connectivity index (χ1n) is 6.87. The average molecular weight is 284 g/mol. The number of benzene rings is 1. The van der Waals surface area contributed by atoms with E-state index in [0.717, 1.165) is 17.8 Å². The fraction of sp³-hybridized carbons (Fsp3) is 0.267. The zero-order chi connectivity index (χ0) is 15.2. The molecule has 1 aromatic rings. The molecule has 1 heterocycles. The zero-order valence-electron chi connectivity index (χ0n) is 12.2. The Balaban J connectivity index is 2.05. The molecule has 1 aromatic carbocycles. The minimum Gasteiger partial charge on any atom is -0.399 e. The number of nitrogens with two attached hydrogens (primary N) is 1. The maximum Gasteiger partial charge on any atom is 0.174 e. The second-order valence-corrected chi connectivity index (χ2v) is 4.73. The van der Waals surface area contributed by atoms with Crippen molar-refractivity contribution >= 4 is 23.6 Å². The van der Waals surface area contributed by atoms with Crippen LogP contribution in [0.4, 0.5) is 5.69 Å². The quantitative estimate of drug-likeness (QED) is 0.635. The van der Waals surface area contributed by atoms with Crippen LogP contribution in [0.15, 0.2) is 46.1 Å². The van der Waals surface area contributed by atoms with Crippen LogP contribution in [0.2, 0.25) is 0 Å². The first-order valence-corrected chi connectivity index (χ1v) is 6.87. The normalized spacial score (nSPS) is 17.5. The SMILES string of the molecule is CCN/C=C1/N=CC(NC(C)c2cccc(N)c2)=NC1=N. The van der Waals surface area contributed by atoms with E-state index in [2.05, 4.69) is 20.6 Å². The fourth-order valence-electron chi connectivity index (χ4n) is 1.91. The van der Waals surface area contributed by atoms with E-state index >= 15 is 0 Å². The molecule has 21 heavy (non-hydrogen) atoms. The van der Waals surface area contributed by atoms with E-state index in [9.17, 15) is 0 Å². The highest BCUT2D eigenvalue weighted by atomic mass is 15.1. The Hall–Kier alpha value is -2.63. The summed E-state index contributed by atoms with van der Waals surface area (Å²) in [5.74, 6) is 0.712. The first kappa shape index (κ1) is 14.8. The Labute approximate surface area is 124 Å². The lowest BCUT2D eigenvalue weighted by Gasteiger charge is -2.17. The van der Waals surface area contributed by atoms with Gasteiger partial charge < -0.3 is 16.4 Å². The third-order valence-corrected chi connectivity index (χ3v) is 3.02. The molecule has 0 fully saturated rings. The van der Waals surface area contributed by atoms with Gasteiger partial charge in [-0.1, -0.05) is 12.1 Å². The molecule has 0 bridgehead atoms. The molecular weight excluding hydrogens is 264 g/mol. The van der Waals surface area contributed by atoms with Gasteiger partial charge in [0, 0.05) is 18.4 Å². The number of hydrogen-bond donors (Lipinski definition) is 4. The highest BCUT2D eigenvalue weighted by molar-refractivity contribution is 6.35. The van der Waals surface area contributed by atoms with Gasteiger partial charge in [-0.3, -0.25) is 5.41 Å². The Morgan fingerprint density at radius 3 is 2.90 bits per heavy atom. The van der Waals surface area contributed by atoms with Gasteiger partial charge in [-0.2, -0.15) is 0 Å². The summed E-state index contributed by atoms with van der Waals surface area (Å²) in [6.07, 6.45) is 3.32. The van der Waals surface area contributed by atoms with Crippen LogP contribution in [0, 0.1) is 5.41 Å². The van der Waals surface area contributed by atoms with Gasteiger partial charge in [-0.15, -0.1) is 0 Å². The second-order valence-electron chi connectivity index (χ2n) is 4.73. The van der Waals surface area contributed by atoms with E-state index in [1.54, 1.807) is 12.4 Å². The zero-order valence-corrected chi connectivity index (χ0v) is 12.2. The third-order valence-electron chi connectivity index (χ3n) is 3.02. The second kappa shape index (κ2) is 6.69. The fourth-order valence-corrected chi connectivity index (χ4v) is 1.91. The topological polar surface area (TPSA) is 98.7 Å². The van der Waals surface area contributed by atoms with E-state index < -0.39 is 0 Å². The summed E-state index contributed by atoms with van der Waals surface area (Å²) in [6, 6.07) is 7.71. The molecule has 1 aliphatic heterocycles. The number of rotatable bonds is 4. The largest absolute Gasteiger partial charge is 0.399 e. The van der Waals surface area contributed by atoms with E-state index in [1.807, 2.05) is 38.1 Å². The van der Waals surface area contributed by atoms with Crippen LogP contribution in [-0.2, 0) is 0 Å². The van der Waals surface area contributed by atoms with Crippen LogP contribution >= 0.6 is 0 Å². The molecule has 2 rings (SSSR count). The lowest BCUT2D eigenvalue weighted by atomic mass is 10.1. The molecule has 0 amide bonds. The molecule has 0 aromatic heterocycles. The number of nitrogen functional groups attached to an aromatic ring is 1. The van der Waals surface area contributed by atoms with Gasteiger partial charge in [0.15, 0.2) is 5.84 Å². The van der Waals surface area contributed by atoms with Crippen LogP contribution in [0.1, 0.15) is 25.5 Å². The number of amidine groups is 2. The molecule has 0 saturated carbocycles. The molecule has 110 valence electrons.